The van der Waals surface area contributed by atoms with Gasteiger partial charge in [0.25, 0.3) is 0 Å². The fourth-order valence-electron chi connectivity index (χ4n) is 5.49. The van der Waals surface area contributed by atoms with Crippen LogP contribution in [0.15, 0.2) is 33.9 Å². The maximum atomic E-state index is 12.3. The second-order valence-electron chi connectivity index (χ2n) is 11.2. The number of carbonyl (C=O) groups is 2. The van der Waals surface area contributed by atoms with Crippen molar-refractivity contribution in [3.05, 3.63) is 85.2 Å². The van der Waals surface area contributed by atoms with Crippen molar-refractivity contribution in [3.63, 3.8) is 0 Å². The number of pyridine rings is 2. The number of aryl methyl sites for hydroxylation is 4. The molecule has 0 atom stereocenters. The van der Waals surface area contributed by atoms with Crippen molar-refractivity contribution in [2.75, 3.05) is 0 Å². The van der Waals surface area contributed by atoms with Crippen LogP contribution in [0.3, 0.4) is 0 Å². The Morgan fingerprint density at radius 1 is 0.596 bits per heavy atom. The minimum Gasteiger partial charge on any atom is -0.565 e. The van der Waals surface area contributed by atoms with Gasteiger partial charge in [-0.1, -0.05) is 154 Å². The van der Waals surface area contributed by atoms with E-state index in [9.17, 15) is 24.3 Å². The number of hydrogen-bond acceptors (Lipinski definition) is 5. The molecule has 2 saturated carbocycles. The molecule has 0 unspecified atom stereocenters. The van der Waals surface area contributed by atoms with Crippen LogP contribution in [-0.4, -0.2) is 25.8 Å². The minimum atomic E-state index is -0.508. The van der Waals surface area contributed by atoms with Crippen molar-refractivity contribution in [2.45, 2.75) is 155 Å². The minimum absolute atomic E-state index is 0. The van der Waals surface area contributed by atoms with Gasteiger partial charge in [0.1, 0.15) is 11.1 Å². The van der Waals surface area contributed by atoms with Crippen molar-refractivity contribution in [3.8, 4) is 5.75 Å². The predicted molar refractivity (Wildman–Crippen MR) is 216 cm³/mol. The number of allylic oxidation sites excluding steroid dienone is 4. The summed E-state index contributed by atoms with van der Waals surface area (Å²) in [4.78, 5) is 48.5. The third kappa shape index (κ3) is 21.1. The average Bonchev–Trinajstić information content (AvgIpc) is 3.13. The Balaban J connectivity index is -0.000000160. The topological polar surface area (TPSA) is 98.4 Å². The number of ketones is 2. The Morgan fingerprint density at radius 2 is 0.904 bits per heavy atom. The van der Waals surface area contributed by atoms with Crippen molar-refractivity contribution in [1.82, 2.24) is 9.13 Å². The van der Waals surface area contributed by atoms with Crippen LogP contribution in [0.5, 0.6) is 5.75 Å². The van der Waals surface area contributed by atoms with Gasteiger partial charge < -0.3 is 23.8 Å². The molecule has 1 N–H and O–H groups in total. The summed E-state index contributed by atoms with van der Waals surface area (Å²) < 4.78 is 2.57. The standard InChI is InChI=1S/C17H22NO2.C16H20NO3.4C2H6.2CH4.2La/c1-12-11-18(3)17(20)16(13(12)2)15(19)10-9-14-7-5-4-6-8-14;1-11-10-17(2)16(20)14(15(11)19)13(18)9-8-12-6-4-3-5-7-12;4*1-2;;;;/h9-10,14H,4-8H2,1-3H3;8-9,12,19H,3-7H2,1-2H3;4*1-2H3;2*1H4;;/q2*-1;;;;;;;;/b10-9+;9-8+;;;;;;;;. The molecular formula is C43H74La2N2O5-2. The molecule has 2 aromatic rings. The number of aromatic hydroxyl groups is 1. The zero-order valence-corrected chi connectivity index (χ0v) is 40.9. The molecule has 0 aliphatic heterocycles. The van der Waals surface area contributed by atoms with E-state index in [-0.39, 0.29) is 114 Å². The summed E-state index contributed by atoms with van der Waals surface area (Å²) >= 11 is 0. The van der Waals surface area contributed by atoms with Gasteiger partial charge in [-0.05, 0) is 69.3 Å². The van der Waals surface area contributed by atoms with E-state index in [1.165, 1.54) is 60.8 Å². The summed E-state index contributed by atoms with van der Waals surface area (Å²) in [5.74, 6) is 0.0474. The zero-order valence-electron chi connectivity index (χ0n) is 33.7. The van der Waals surface area contributed by atoms with Gasteiger partial charge in [-0.3, -0.25) is 9.59 Å². The first-order valence-corrected chi connectivity index (χ1v) is 18.4. The molecule has 52 heavy (non-hydrogen) atoms. The Morgan fingerprint density at radius 3 is 1.27 bits per heavy atom. The maximum Gasteiger partial charge on any atom is 0.170 e. The van der Waals surface area contributed by atoms with E-state index in [0.29, 0.717) is 17.4 Å². The fourth-order valence-corrected chi connectivity index (χ4v) is 5.49. The normalized spacial score (nSPS) is 13.3. The van der Waals surface area contributed by atoms with E-state index in [2.05, 4.69) is 12.4 Å². The molecule has 2 aliphatic rings. The van der Waals surface area contributed by atoms with Gasteiger partial charge in [-0.25, -0.2) is 0 Å². The van der Waals surface area contributed by atoms with Crippen LogP contribution in [0.25, 0.3) is 0 Å². The second-order valence-corrected chi connectivity index (χ2v) is 11.2. The summed E-state index contributed by atoms with van der Waals surface area (Å²) in [6.45, 7) is 21.3. The van der Waals surface area contributed by atoms with Crippen LogP contribution in [0.4, 0.5) is 0 Å². The quantitative estimate of drug-likeness (QED) is 0.177. The molecular weight excluding hydrogens is 902 g/mol. The van der Waals surface area contributed by atoms with Crippen LogP contribution in [0.1, 0.15) is 172 Å². The van der Waals surface area contributed by atoms with Crippen molar-refractivity contribution in [1.29, 1.82) is 0 Å². The van der Waals surface area contributed by atoms with E-state index in [4.69, 9.17) is 0 Å². The Hall–Kier alpha value is -1.09. The van der Waals surface area contributed by atoms with Crippen LogP contribution in [0, 0.1) is 116 Å². The van der Waals surface area contributed by atoms with E-state index < -0.39 is 11.3 Å². The van der Waals surface area contributed by atoms with Crippen LogP contribution in [0.2, 0.25) is 0 Å². The molecule has 2 fully saturated rings. The number of nitrogens with zero attached hydrogens (tertiary/aromatic N) is 2. The van der Waals surface area contributed by atoms with Gasteiger partial charge in [0, 0.05) is 82.5 Å². The predicted octanol–water partition coefficient (Wildman–Crippen LogP) is 11.0. The molecule has 0 spiro atoms. The van der Waals surface area contributed by atoms with Gasteiger partial charge in [0.05, 0.1) is 0 Å². The van der Waals surface area contributed by atoms with Gasteiger partial charge in [0.15, 0.2) is 11.6 Å². The fraction of sp³-hybridized carbons (Fsp3) is 0.628. The monoisotopic (exact) mass is 976 g/mol. The molecule has 0 aromatic carbocycles. The van der Waals surface area contributed by atoms with Crippen molar-refractivity contribution < 1.29 is 85.9 Å². The summed E-state index contributed by atoms with van der Waals surface area (Å²) in [6.07, 6.45) is 24.4. The average molecular weight is 977 g/mol. The first kappa shape index (κ1) is 62.9. The molecule has 0 saturated heterocycles. The van der Waals surface area contributed by atoms with Crippen LogP contribution < -0.4 is 11.1 Å². The summed E-state index contributed by atoms with van der Waals surface area (Å²) in [6, 6.07) is 0. The third-order valence-corrected chi connectivity index (χ3v) is 8.07. The summed E-state index contributed by atoms with van der Waals surface area (Å²) in [7, 11) is 3.16. The molecule has 0 bridgehead atoms. The number of rotatable bonds is 6. The van der Waals surface area contributed by atoms with E-state index in [1.54, 1.807) is 20.0 Å². The summed E-state index contributed by atoms with van der Waals surface area (Å²) in [5.41, 5.74) is 1.36. The van der Waals surface area contributed by atoms with Crippen molar-refractivity contribution >= 4 is 11.6 Å². The first-order valence-electron chi connectivity index (χ1n) is 18.4. The SMILES string of the molecule is C.C.CC.CC.CC.CC.Cc1[c-]n(C)c(=O)c(C(=O)/C=C/C2CCCCC2)c1C.Cc1[c-]n(C)c(=O)c(C(=O)/C=C/C2CCCCC2)c1O.[La].[La]. The second kappa shape index (κ2) is 36.9. The van der Waals surface area contributed by atoms with Crippen molar-refractivity contribution in [2.24, 2.45) is 25.9 Å². The molecule has 4 rings (SSSR count). The zero-order chi connectivity index (χ0) is 37.4. The van der Waals surface area contributed by atoms with E-state index >= 15 is 0 Å². The molecule has 0 amide bonds. The summed E-state index contributed by atoms with van der Waals surface area (Å²) in [5, 5.41) is 9.91. The number of carbonyl (C=O) groups excluding carboxylic acids is 2. The molecule has 7 nitrogen and oxygen atoms in total. The largest absolute Gasteiger partial charge is 0.565 e. The van der Waals surface area contributed by atoms with Crippen LogP contribution in [-0.2, 0) is 14.1 Å². The maximum absolute atomic E-state index is 12.3. The third-order valence-electron chi connectivity index (χ3n) is 8.07. The molecule has 2 heterocycles. The van der Waals surface area contributed by atoms with Gasteiger partial charge >= 0.3 is 0 Å². The van der Waals surface area contributed by atoms with Gasteiger partial charge in [-0.15, -0.1) is 16.7 Å². The Kier molecular flexibility index (Phi) is 44.6. The Labute approximate surface area is 375 Å². The molecule has 294 valence electrons. The van der Waals surface area contributed by atoms with Gasteiger partial charge in [-0.2, -0.15) is 0 Å². The van der Waals surface area contributed by atoms with Crippen LogP contribution >= 0.6 is 0 Å². The van der Waals surface area contributed by atoms with E-state index in [0.717, 1.165) is 36.8 Å². The molecule has 9 heteroatoms. The smallest absolute Gasteiger partial charge is 0.170 e. The number of hydrogen-bond donors (Lipinski definition) is 1. The molecule has 2 aliphatic carbocycles. The number of aromatic nitrogens is 2. The Bertz CT molecular complexity index is 1300. The first-order chi connectivity index (χ1) is 23.0. The van der Waals surface area contributed by atoms with Gasteiger partial charge in [0.2, 0.25) is 0 Å². The molecule has 2 radical (unpaired) electrons. The van der Waals surface area contributed by atoms with E-state index in [1.807, 2.05) is 81.4 Å². The molecule has 2 aromatic heterocycles.